The van der Waals surface area contributed by atoms with E-state index >= 15 is 0 Å². The number of urea groups is 1. The Morgan fingerprint density at radius 1 is 1.14 bits per heavy atom. The van der Waals surface area contributed by atoms with Crippen LogP contribution in [0.2, 0.25) is 0 Å². The molecule has 5 nitrogen and oxygen atoms in total. The molecule has 0 saturated carbocycles. The highest BCUT2D eigenvalue weighted by atomic mass is 32.2. The van der Waals surface area contributed by atoms with Crippen molar-refractivity contribution in [3.05, 3.63) is 35.4 Å². The van der Waals surface area contributed by atoms with Crippen molar-refractivity contribution in [2.45, 2.75) is 38.5 Å². The maximum atomic E-state index is 11.8. The number of carbonyl (C=O) groups excluding carboxylic acids is 1. The number of nitrogens with one attached hydrogen (secondary N) is 2. The van der Waals surface area contributed by atoms with Gasteiger partial charge in [-0.15, -0.1) is 0 Å². The van der Waals surface area contributed by atoms with Gasteiger partial charge < -0.3 is 10.6 Å². The van der Waals surface area contributed by atoms with Crippen LogP contribution >= 0.6 is 0 Å². The van der Waals surface area contributed by atoms with Gasteiger partial charge >= 0.3 is 6.03 Å². The highest BCUT2D eigenvalue weighted by molar-refractivity contribution is 7.92. The molecule has 1 aromatic rings. The second-order valence-corrected chi connectivity index (χ2v) is 8.34. The number of sulfone groups is 1. The SMILES string of the molecule is CCc1ccccc1CNC(=O)NCC(C)(C)S(C)(=O)=O. The molecule has 2 N–H and O–H groups in total. The van der Waals surface area contributed by atoms with Crippen LogP contribution in [0.1, 0.15) is 31.9 Å². The molecule has 6 heteroatoms. The van der Waals surface area contributed by atoms with Crippen molar-refractivity contribution in [1.29, 1.82) is 0 Å². The lowest BCUT2D eigenvalue weighted by Crippen LogP contribution is -2.46. The van der Waals surface area contributed by atoms with E-state index in [4.69, 9.17) is 0 Å². The molecule has 0 fully saturated rings. The van der Waals surface area contributed by atoms with Gasteiger partial charge in [-0.2, -0.15) is 0 Å². The minimum absolute atomic E-state index is 0.0765. The van der Waals surface area contributed by atoms with Gasteiger partial charge in [0.05, 0.1) is 4.75 Å². The Kier molecular flexibility index (Phi) is 5.78. The van der Waals surface area contributed by atoms with Crippen molar-refractivity contribution < 1.29 is 13.2 Å². The van der Waals surface area contributed by atoms with Crippen LogP contribution in [0.3, 0.4) is 0 Å². The van der Waals surface area contributed by atoms with Crippen molar-refractivity contribution in [2.75, 3.05) is 12.8 Å². The molecule has 0 aliphatic rings. The Morgan fingerprint density at radius 2 is 1.71 bits per heavy atom. The molecule has 0 heterocycles. The molecule has 0 aromatic heterocycles. The molecule has 0 radical (unpaired) electrons. The van der Waals surface area contributed by atoms with Gasteiger partial charge in [-0.3, -0.25) is 0 Å². The van der Waals surface area contributed by atoms with Gasteiger partial charge in [0.15, 0.2) is 9.84 Å². The quantitative estimate of drug-likeness (QED) is 0.842. The Labute approximate surface area is 127 Å². The summed E-state index contributed by atoms with van der Waals surface area (Å²) in [5.74, 6) is 0. The molecule has 1 rings (SSSR count). The summed E-state index contributed by atoms with van der Waals surface area (Å²) in [5.41, 5.74) is 2.26. The van der Waals surface area contributed by atoms with E-state index < -0.39 is 14.6 Å². The van der Waals surface area contributed by atoms with Crippen LogP contribution in [0.4, 0.5) is 4.79 Å². The summed E-state index contributed by atoms with van der Waals surface area (Å²) in [6.07, 6.45) is 2.07. The Morgan fingerprint density at radius 3 is 2.24 bits per heavy atom. The maximum Gasteiger partial charge on any atom is 0.315 e. The number of rotatable bonds is 6. The summed E-state index contributed by atoms with van der Waals surface area (Å²) in [5, 5.41) is 5.36. The van der Waals surface area contributed by atoms with Crippen LogP contribution < -0.4 is 10.6 Å². The average molecular weight is 312 g/mol. The second-order valence-electron chi connectivity index (χ2n) is 5.69. The lowest BCUT2D eigenvalue weighted by Gasteiger charge is -2.22. The van der Waals surface area contributed by atoms with Crippen LogP contribution in [0, 0.1) is 0 Å². The third kappa shape index (κ3) is 5.04. The van der Waals surface area contributed by atoms with Crippen molar-refractivity contribution in [2.24, 2.45) is 0 Å². The number of carbonyl (C=O) groups is 1. The first-order chi connectivity index (χ1) is 9.67. The van der Waals surface area contributed by atoms with Crippen LogP contribution in [0.5, 0.6) is 0 Å². The van der Waals surface area contributed by atoms with Gasteiger partial charge in [0.2, 0.25) is 0 Å². The lowest BCUT2D eigenvalue weighted by molar-refractivity contribution is 0.239. The van der Waals surface area contributed by atoms with E-state index in [0.29, 0.717) is 6.54 Å². The Balaban J connectivity index is 2.52. The summed E-state index contributed by atoms with van der Waals surface area (Å²) >= 11 is 0. The van der Waals surface area contributed by atoms with Crippen molar-refractivity contribution in [3.8, 4) is 0 Å². The number of hydrogen-bond donors (Lipinski definition) is 2. The maximum absolute atomic E-state index is 11.8. The van der Waals surface area contributed by atoms with E-state index in [0.717, 1.165) is 12.0 Å². The third-order valence-corrected chi connectivity index (χ3v) is 5.77. The van der Waals surface area contributed by atoms with E-state index in [-0.39, 0.29) is 12.6 Å². The number of hydrogen-bond acceptors (Lipinski definition) is 3. The third-order valence-electron chi connectivity index (χ3n) is 3.62. The van der Waals surface area contributed by atoms with Gasteiger partial charge in [0.1, 0.15) is 0 Å². The topological polar surface area (TPSA) is 75.3 Å². The van der Waals surface area contributed by atoms with Gasteiger partial charge in [-0.05, 0) is 31.4 Å². The average Bonchev–Trinajstić information content (AvgIpc) is 2.42. The number of benzene rings is 1. The molecule has 0 atom stereocenters. The molecule has 1 aromatic carbocycles. The van der Waals surface area contributed by atoms with Crippen molar-refractivity contribution in [3.63, 3.8) is 0 Å². The molecule has 0 aliphatic heterocycles. The normalized spacial score (nSPS) is 12.0. The fourth-order valence-corrected chi connectivity index (χ4v) is 2.07. The van der Waals surface area contributed by atoms with Crippen LogP contribution in [-0.2, 0) is 22.8 Å². The molecule has 21 heavy (non-hydrogen) atoms. The number of aryl methyl sites for hydroxylation is 1. The summed E-state index contributed by atoms with van der Waals surface area (Å²) in [7, 11) is -3.22. The fraction of sp³-hybridized carbons (Fsp3) is 0.533. The summed E-state index contributed by atoms with van der Waals surface area (Å²) in [4.78, 5) is 11.8. The molecule has 2 amide bonds. The van der Waals surface area contributed by atoms with Crippen LogP contribution in [0.15, 0.2) is 24.3 Å². The van der Waals surface area contributed by atoms with Gasteiger partial charge in [-0.25, -0.2) is 13.2 Å². The van der Waals surface area contributed by atoms with Gasteiger partial charge in [0, 0.05) is 19.3 Å². The zero-order valence-corrected chi connectivity index (χ0v) is 13.9. The minimum atomic E-state index is -3.22. The molecular weight excluding hydrogens is 288 g/mol. The standard InChI is InChI=1S/C15H24N2O3S/c1-5-12-8-6-7-9-13(12)10-16-14(18)17-11-15(2,3)21(4,19)20/h6-9H,5,10-11H2,1-4H3,(H2,16,17,18). The van der Waals surface area contributed by atoms with Gasteiger partial charge in [-0.1, -0.05) is 31.2 Å². The molecular formula is C15H24N2O3S. The minimum Gasteiger partial charge on any atom is -0.337 e. The Bertz CT molecular complexity index is 595. The zero-order chi connectivity index (χ0) is 16.1. The smallest absolute Gasteiger partial charge is 0.315 e. The predicted molar refractivity (Wildman–Crippen MR) is 85.0 cm³/mol. The van der Waals surface area contributed by atoms with E-state index in [1.807, 2.05) is 24.3 Å². The summed E-state index contributed by atoms with van der Waals surface area (Å²) < 4.78 is 22.1. The summed E-state index contributed by atoms with van der Waals surface area (Å²) in [6, 6.07) is 7.54. The Hall–Kier alpha value is -1.56. The largest absolute Gasteiger partial charge is 0.337 e. The highest BCUT2D eigenvalue weighted by Crippen LogP contribution is 2.13. The van der Waals surface area contributed by atoms with Gasteiger partial charge in [0.25, 0.3) is 0 Å². The fourth-order valence-electron chi connectivity index (χ4n) is 1.74. The summed E-state index contributed by atoms with van der Waals surface area (Å²) in [6.45, 7) is 5.75. The van der Waals surface area contributed by atoms with E-state index in [2.05, 4.69) is 17.6 Å². The first-order valence-corrected chi connectivity index (χ1v) is 8.84. The molecule has 0 bridgehead atoms. The molecule has 0 spiro atoms. The highest BCUT2D eigenvalue weighted by Gasteiger charge is 2.30. The van der Waals surface area contributed by atoms with E-state index in [9.17, 15) is 13.2 Å². The molecule has 118 valence electrons. The van der Waals surface area contributed by atoms with Crippen LogP contribution in [0.25, 0.3) is 0 Å². The monoisotopic (exact) mass is 312 g/mol. The van der Waals surface area contributed by atoms with E-state index in [1.54, 1.807) is 13.8 Å². The molecule has 0 unspecified atom stereocenters. The van der Waals surface area contributed by atoms with Crippen molar-refractivity contribution in [1.82, 2.24) is 10.6 Å². The first-order valence-electron chi connectivity index (χ1n) is 6.95. The van der Waals surface area contributed by atoms with E-state index in [1.165, 1.54) is 11.8 Å². The molecule has 0 saturated heterocycles. The molecule has 0 aliphatic carbocycles. The predicted octanol–water partition coefficient (Wildman–Crippen LogP) is 1.87. The van der Waals surface area contributed by atoms with Crippen molar-refractivity contribution >= 4 is 15.9 Å². The number of amides is 2. The second kappa shape index (κ2) is 6.93. The zero-order valence-electron chi connectivity index (χ0n) is 13.1. The first kappa shape index (κ1) is 17.5. The van der Waals surface area contributed by atoms with Crippen LogP contribution in [-0.4, -0.2) is 32.0 Å². The lowest BCUT2D eigenvalue weighted by atomic mass is 10.1.